The summed E-state index contributed by atoms with van der Waals surface area (Å²) in [6, 6.07) is 7.04. The molecule has 0 saturated heterocycles. The molecule has 3 aromatic rings. The number of carbonyl (C=O) groups excluding carboxylic acids is 1. The molecule has 0 radical (unpaired) electrons. The standard InChI is InChI=1S/C20H21N3O3S/c1-3-26-20(25)14-7-5-13(6-8-14)11-23-19(24)17-15-9-4-12(2)10-16(15)27-18(17)21-22-23/h5-8,12H,3-4,9-11H2,1-2H3/t12-/m1/s1. The van der Waals surface area contributed by atoms with Crippen molar-refractivity contribution < 1.29 is 9.53 Å². The first kappa shape index (κ1) is 17.9. The third-order valence-corrected chi connectivity index (χ3v) is 6.12. The SMILES string of the molecule is CCOC(=O)c1ccc(Cn2nnc3sc4c(c3c2=O)CC[C@@H](C)C4)cc1. The summed E-state index contributed by atoms with van der Waals surface area (Å²) < 4.78 is 6.40. The van der Waals surface area contributed by atoms with Gasteiger partial charge in [0.25, 0.3) is 5.56 Å². The molecule has 1 aliphatic rings. The summed E-state index contributed by atoms with van der Waals surface area (Å²) in [5.74, 6) is 0.306. The molecule has 6 nitrogen and oxygen atoms in total. The maximum Gasteiger partial charge on any atom is 0.338 e. The number of hydrogen-bond acceptors (Lipinski definition) is 6. The highest BCUT2D eigenvalue weighted by atomic mass is 32.1. The molecule has 2 heterocycles. The minimum atomic E-state index is -0.346. The van der Waals surface area contributed by atoms with Gasteiger partial charge in [-0.2, -0.15) is 0 Å². The lowest BCUT2D eigenvalue weighted by Gasteiger charge is -2.17. The molecule has 0 spiro atoms. The van der Waals surface area contributed by atoms with Gasteiger partial charge in [0.05, 0.1) is 24.1 Å². The van der Waals surface area contributed by atoms with Crippen LogP contribution in [-0.4, -0.2) is 27.6 Å². The number of carbonyl (C=O) groups is 1. The third kappa shape index (κ3) is 3.39. The molecule has 0 saturated carbocycles. The number of nitrogens with zero attached hydrogens (tertiary/aromatic N) is 3. The van der Waals surface area contributed by atoms with Crippen molar-refractivity contribution in [2.75, 3.05) is 6.61 Å². The second-order valence-electron chi connectivity index (χ2n) is 7.00. The fraction of sp³-hybridized carbons (Fsp3) is 0.400. The number of aromatic nitrogens is 3. The number of benzene rings is 1. The molecule has 0 N–H and O–H groups in total. The second kappa shape index (κ2) is 7.23. The van der Waals surface area contributed by atoms with Crippen molar-refractivity contribution in [2.45, 2.75) is 39.7 Å². The fourth-order valence-electron chi connectivity index (χ4n) is 3.53. The van der Waals surface area contributed by atoms with E-state index in [4.69, 9.17) is 4.74 Å². The topological polar surface area (TPSA) is 74.1 Å². The van der Waals surface area contributed by atoms with Crippen LogP contribution in [0.2, 0.25) is 0 Å². The Morgan fingerprint density at radius 1 is 1.33 bits per heavy atom. The van der Waals surface area contributed by atoms with Crippen LogP contribution in [0.5, 0.6) is 0 Å². The normalized spacial score (nSPS) is 16.3. The lowest BCUT2D eigenvalue weighted by atomic mass is 9.89. The van der Waals surface area contributed by atoms with Crippen LogP contribution >= 0.6 is 11.3 Å². The molecule has 1 atom stereocenters. The Bertz CT molecular complexity index is 1050. The van der Waals surface area contributed by atoms with Gasteiger partial charge in [-0.3, -0.25) is 4.79 Å². The molecule has 0 amide bonds. The lowest BCUT2D eigenvalue weighted by Crippen LogP contribution is -2.25. The Kier molecular flexibility index (Phi) is 4.78. The molecular weight excluding hydrogens is 362 g/mol. The molecule has 4 rings (SSSR count). The molecule has 1 aliphatic carbocycles. The quantitative estimate of drug-likeness (QED) is 0.647. The minimum absolute atomic E-state index is 0.0819. The van der Waals surface area contributed by atoms with Gasteiger partial charge in [0.1, 0.15) is 0 Å². The van der Waals surface area contributed by atoms with Crippen LogP contribution in [0.25, 0.3) is 10.2 Å². The van der Waals surface area contributed by atoms with E-state index in [1.807, 2.05) is 12.1 Å². The Balaban J connectivity index is 1.64. The third-order valence-electron chi connectivity index (χ3n) is 4.98. The van der Waals surface area contributed by atoms with E-state index in [2.05, 4.69) is 17.2 Å². The molecule has 0 bridgehead atoms. The minimum Gasteiger partial charge on any atom is -0.462 e. The highest BCUT2D eigenvalue weighted by Gasteiger charge is 2.23. The van der Waals surface area contributed by atoms with E-state index in [9.17, 15) is 9.59 Å². The first-order valence-corrected chi connectivity index (χ1v) is 10.0. The van der Waals surface area contributed by atoms with E-state index in [-0.39, 0.29) is 11.5 Å². The fourth-order valence-corrected chi connectivity index (χ4v) is 4.85. The average Bonchev–Trinajstić information content (AvgIpc) is 3.03. The van der Waals surface area contributed by atoms with E-state index in [0.29, 0.717) is 24.6 Å². The molecule has 0 fully saturated rings. The predicted molar refractivity (Wildman–Crippen MR) is 104 cm³/mol. The molecule has 0 aliphatic heterocycles. The molecule has 0 unspecified atom stereocenters. The monoisotopic (exact) mass is 383 g/mol. The number of thiophene rings is 1. The van der Waals surface area contributed by atoms with E-state index in [0.717, 1.165) is 35.0 Å². The van der Waals surface area contributed by atoms with Crippen LogP contribution in [0.1, 0.15) is 46.6 Å². The molecule has 7 heteroatoms. The lowest BCUT2D eigenvalue weighted by molar-refractivity contribution is 0.0526. The highest BCUT2D eigenvalue weighted by Crippen LogP contribution is 2.35. The smallest absolute Gasteiger partial charge is 0.338 e. The number of ether oxygens (including phenoxy) is 1. The first-order valence-electron chi connectivity index (χ1n) is 9.21. The summed E-state index contributed by atoms with van der Waals surface area (Å²) in [6.45, 7) is 4.69. The van der Waals surface area contributed by atoms with Crippen LogP contribution < -0.4 is 5.56 Å². The van der Waals surface area contributed by atoms with E-state index >= 15 is 0 Å². The van der Waals surface area contributed by atoms with Crippen LogP contribution in [0.3, 0.4) is 0 Å². The van der Waals surface area contributed by atoms with Crippen LogP contribution in [0.15, 0.2) is 29.1 Å². The predicted octanol–water partition coefficient (Wildman–Crippen LogP) is 3.20. The van der Waals surface area contributed by atoms with Gasteiger partial charge in [-0.15, -0.1) is 16.4 Å². The van der Waals surface area contributed by atoms with Gasteiger partial charge in [0.2, 0.25) is 0 Å². The maximum absolute atomic E-state index is 13.0. The summed E-state index contributed by atoms with van der Waals surface area (Å²) in [7, 11) is 0. The first-order chi connectivity index (χ1) is 13.1. The Labute approximate surface area is 160 Å². The number of hydrogen-bond donors (Lipinski definition) is 0. The van der Waals surface area contributed by atoms with Gasteiger partial charge in [-0.25, -0.2) is 9.48 Å². The van der Waals surface area contributed by atoms with Crippen molar-refractivity contribution >= 4 is 27.5 Å². The van der Waals surface area contributed by atoms with Gasteiger partial charge in [-0.1, -0.05) is 24.3 Å². The van der Waals surface area contributed by atoms with Crippen molar-refractivity contribution in [3.05, 3.63) is 56.2 Å². The zero-order valence-corrected chi connectivity index (χ0v) is 16.2. The zero-order chi connectivity index (χ0) is 19.0. The Morgan fingerprint density at radius 2 is 2.11 bits per heavy atom. The molecule has 140 valence electrons. The van der Waals surface area contributed by atoms with Crippen molar-refractivity contribution in [1.29, 1.82) is 0 Å². The summed E-state index contributed by atoms with van der Waals surface area (Å²) in [6.07, 6.45) is 3.06. The Hall–Kier alpha value is -2.54. The van der Waals surface area contributed by atoms with E-state index < -0.39 is 0 Å². The van der Waals surface area contributed by atoms with Gasteiger partial charge in [-0.05, 0) is 55.4 Å². The molecule has 1 aromatic carbocycles. The summed E-state index contributed by atoms with van der Waals surface area (Å²) in [5.41, 5.74) is 2.47. The van der Waals surface area contributed by atoms with Gasteiger partial charge < -0.3 is 4.74 Å². The van der Waals surface area contributed by atoms with Crippen LogP contribution in [0, 0.1) is 5.92 Å². The Morgan fingerprint density at radius 3 is 2.85 bits per heavy atom. The van der Waals surface area contributed by atoms with Crippen molar-refractivity contribution in [3.63, 3.8) is 0 Å². The van der Waals surface area contributed by atoms with Crippen molar-refractivity contribution in [2.24, 2.45) is 5.92 Å². The molecular formula is C20H21N3O3S. The summed E-state index contributed by atoms with van der Waals surface area (Å²) >= 11 is 1.60. The van der Waals surface area contributed by atoms with E-state index in [1.54, 1.807) is 30.4 Å². The molecule has 2 aromatic heterocycles. The van der Waals surface area contributed by atoms with Crippen LogP contribution in [-0.2, 0) is 24.1 Å². The largest absolute Gasteiger partial charge is 0.462 e. The average molecular weight is 383 g/mol. The van der Waals surface area contributed by atoms with Crippen LogP contribution in [0.4, 0.5) is 0 Å². The van der Waals surface area contributed by atoms with Gasteiger partial charge in [0.15, 0.2) is 4.83 Å². The number of rotatable bonds is 4. The number of aryl methyl sites for hydroxylation is 1. The zero-order valence-electron chi connectivity index (χ0n) is 15.4. The second-order valence-corrected chi connectivity index (χ2v) is 8.09. The maximum atomic E-state index is 13.0. The van der Waals surface area contributed by atoms with Crippen molar-refractivity contribution in [1.82, 2.24) is 15.0 Å². The van der Waals surface area contributed by atoms with Gasteiger partial charge in [0, 0.05) is 4.88 Å². The summed E-state index contributed by atoms with van der Waals surface area (Å²) in [4.78, 5) is 26.8. The number of fused-ring (bicyclic) bond motifs is 3. The van der Waals surface area contributed by atoms with E-state index in [1.165, 1.54) is 15.1 Å². The molecule has 27 heavy (non-hydrogen) atoms. The van der Waals surface area contributed by atoms with Crippen molar-refractivity contribution in [3.8, 4) is 0 Å². The summed E-state index contributed by atoms with van der Waals surface area (Å²) in [5, 5.41) is 9.16. The highest BCUT2D eigenvalue weighted by molar-refractivity contribution is 7.18. The van der Waals surface area contributed by atoms with Gasteiger partial charge >= 0.3 is 5.97 Å². The number of esters is 1.